The standard InChI is InChI=1S/C17H11F9N4/c1-7-3-4-8(15(18,19)20)5-10(7)30-14(27-2)12-9(29-30)6-11(16(21,22)23)28-13(12)17(24,25)26/h3-6,27H,1-2H3. The van der Waals surface area contributed by atoms with Gasteiger partial charge in [0, 0.05) is 7.05 Å². The number of nitrogens with one attached hydrogen (secondary N) is 1. The molecule has 0 amide bonds. The van der Waals surface area contributed by atoms with Crippen LogP contribution in [0.2, 0.25) is 0 Å². The molecule has 0 saturated heterocycles. The molecule has 0 atom stereocenters. The second kappa shape index (κ2) is 6.77. The quantitative estimate of drug-likeness (QED) is 0.508. The number of hydrogen-bond donors (Lipinski definition) is 1. The van der Waals surface area contributed by atoms with Gasteiger partial charge >= 0.3 is 18.5 Å². The highest BCUT2D eigenvalue weighted by molar-refractivity contribution is 5.93. The van der Waals surface area contributed by atoms with E-state index >= 15 is 0 Å². The SMILES string of the molecule is CNc1c2c(C(F)(F)F)nc(C(F)(F)F)cc2nn1-c1cc(C(F)(F)F)ccc1C. The Balaban J connectivity index is 2.42. The van der Waals surface area contributed by atoms with Crippen LogP contribution in [0.1, 0.15) is 22.5 Å². The first kappa shape index (κ1) is 21.7. The van der Waals surface area contributed by atoms with Gasteiger partial charge in [0.2, 0.25) is 0 Å². The Labute approximate surface area is 162 Å². The minimum atomic E-state index is -5.28. The van der Waals surface area contributed by atoms with Gasteiger partial charge in [-0.2, -0.15) is 44.6 Å². The number of pyridine rings is 1. The van der Waals surface area contributed by atoms with Crippen LogP contribution >= 0.6 is 0 Å². The van der Waals surface area contributed by atoms with E-state index in [4.69, 9.17) is 0 Å². The summed E-state index contributed by atoms with van der Waals surface area (Å²) in [5, 5.41) is 5.31. The fourth-order valence-electron chi connectivity index (χ4n) is 2.88. The van der Waals surface area contributed by atoms with E-state index in [-0.39, 0.29) is 11.3 Å². The minimum absolute atomic E-state index is 0.199. The molecule has 0 fully saturated rings. The molecule has 1 N–H and O–H groups in total. The van der Waals surface area contributed by atoms with Crippen molar-refractivity contribution in [2.75, 3.05) is 12.4 Å². The Morgan fingerprint density at radius 1 is 0.867 bits per heavy atom. The molecule has 2 heterocycles. The van der Waals surface area contributed by atoms with Gasteiger partial charge in [-0.3, -0.25) is 0 Å². The van der Waals surface area contributed by atoms with Gasteiger partial charge < -0.3 is 5.32 Å². The maximum Gasteiger partial charge on any atom is 0.434 e. The smallest absolute Gasteiger partial charge is 0.372 e. The summed E-state index contributed by atoms with van der Waals surface area (Å²) >= 11 is 0. The second-order valence-electron chi connectivity index (χ2n) is 6.26. The molecule has 3 aromatic rings. The summed E-state index contributed by atoms with van der Waals surface area (Å²) in [5.41, 5.74) is -5.57. The maximum atomic E-state index is 13.5. The van der Waals surface area contributed by atoms with Crippen molar-refractivity contribution in [3.63, 3.8) is 0 Å². The fraction of sp³-hybridized carbons (Fsp3) is 0.294. The minimum Gasteiger partial charge on any atom is -0.372 e. The van der Waals surface area contributed by atoms with E-state index in [1.807, 2.05) is 0 Å². The molecule has 0 aliphatic carbocycles. The lowest BCUT2D eigenvalue weighted by Gasteiger charge is -2.14. The lowest BCUT2D eigenvalue weighted by atomic mass is 10.1. The predicted octanol–water partition coefficient (Wildman–Crippen LogP) is 5.83. The van der Waals surface area contributed by atoms with Crippen molar-refractivity contribution >= 4 is 16.7 Å². The van der Waals surface area contributed by atoms with Crippen molar-refractivity contribution in [3.05, 3.63) is 46.8 Å². The molecule has 30 heavy (non-hydrogen) atoms. The van der Waals surface area contributed by atoms with Gasteiger partial charge in [-0.15, -0.1) is 0 Å². The molecule has 4 nitrogen and oxygen atoms in total. The first-order valence-electron chi connectivity index (χ1n) is 8.08. The molecule has 13 heteroatoms. The van der Waals surface area contributed by atoms with Crippen LogP contribution in [0, 0.1) is 6.92 Å². The summed E-state index contributed by atoms with van der Waals surface area (Å²) in [6, 6.07) is 2.80. The first-order valence-corrected chi connectivity index (χ1v) is 8.08. The average molecular weight is 442 g/mol. The van der Waals surface area contributed by atoms with Gasteiger partial charge in [0.1, 0.15) is 11.5 Å². The van der Waals surface area contributed by atoms with Crippen LogP contribution in [0.25, 0.3) is 16.6 Å². The monoisotopic (exact) mass is 442 g/mol. The van der Waals surface area contributed by atoms with E-state index < -0.39 is 52.2 Å². The zero-order valence-corrected chi connectivity index (χ0v) is 15.1. The predicted molar refractivity (Wildman–Crippen MR) is 88.2 cm³/mol. The van der Waals surface area contributed by atoms with Crippen molar-refractivity contribution in [3.8, 4) is 5.69 Å². The van der Waals surface area contributed by atoms with Gasteiger partial charge in [0.15, 0.2) is 5.69 Å². The van der Waals surface area contributed by atoms with Gasteiger partial charge in [-0.1, -0.05) is 6.07 Å². The van der Waals surface area contributed by atoms with Gasteiger partial charge in [-0.05, 0) is 30.7 Å². The summed E-state index contributed by atoms with van der Waals surface area (Å²) in [6.07, 6.45) is -15.2. The van der Waals surface area contributed by atoms with Crippen molar-refractivity contribution < 1.29 is 39.5 Å². The van der Waals surface area contributed by atoms with Crippen molar-refractivity contribution in [1.82, 2.24) is 14.8 Å². The molecule has 0 unspecified atom stereocenters. The lowest BCUT2D eigenvalue weighted by molar-refractivity contribution is -0.149. The highest BCUT2D eigenvalue weighted by Gasteiger charge is 2.42. The summed E-state index contributed by atoms with van der Waals surface area (Å²) in [5.74, 6) is -0.457. The number of hydrogen-bond acceptors (Lipinski definition) is 3. The van der Waals surface area contributed by atoms with Crippen molar-refractivity contribution in [1.29, 1.82) is 0 Å². The lowest BCUT2D eigenvalue weighted by Crippen LogP contribution is -2.15. The largest absolute Gasteiger partial charge is 0.434 e. The van der Waals surface area contributed by atoms with Crippen molar-refractivity contribution in [2.45, 2.75) is 25.5 Å². The van der Waals surface area contributed by atoms with Crippen LogP contribution in [0.3, 0.4) is 0 Å². The van der Waals surface area contributed by atoms with Crippen LogP contribution in [-0.2, 0) is 18.5 Å². The molecule has 0 bridgehead atoms. The van der Waals surface area contributed by atoms with E-state index in [0.29, 0.717) is 16.8 Å². The Morgan fingerprint density at radius 3 is 2.00 bits per heavy atom. The summed E-state index contributed by atoms with van der Waals surface area (Å²) in [6.45, 7) is 1.38. The van der Waals surface area contributed by atoms with E-state index in [0.717, 1.165) is 19.2 Å². The number of alkyl halides is 9. The number of nitrogens with zero attached hydrogens (tertiary/aromatic N) is 3. The van der Waals surface area contributed by atoms with Crippen LogP contribution in [0.15, 0.2) is 24.3 Å². The zero-order chi connectivity index (χ0) is 22.6. The van der Waals surface area contributed by atoms with Crippen LogP contribution in [0.4, 0.5) is 45.3 Å². The molecule has 3 rings (SSSR count). The van der Waals surface area contributed by atoms with E-state index in [1.165, 1.54) is 6.92 Å². The molecule has 2 aromatic heterocycles. The number of anilines is 1. The second-order valence-corrected chi connectivity index (χ2v) is 6.26. The van der Waals surface area contributed by atoms with Crippen LogP contribution in [0.5, 0.6) is 0 Å². The topological polar surface area (TPSA) is 42.7 Å². The highest BCUT2D eigenvalue weighted by Crippen LogP contribution is 2.41. The number of aryl methyl sites for hydroxylation is 1. The van der Waals surface area contributed by atoms with Crippen LogP contribution < -0.4 is 5.32 Å². The van der Waals surface area contributed by atoms with Gasteiger partial charge in [0.25, 0.3) is 0 Å². The third kappa shape index (κ3) is 3.75. The summed E-state index contributed by atoms with van der Waals surface area (Å²) in [7, 11) is 1.16. The summed E-state index contributed by atoms with van der Waals surface area (Å²) in [4.78, 5) is 2.71. The third-order valence-corrected chi connectivity index (χ3v) is 4.22. The van der Waals surface area contributed by atoms with E-state index in [2.05, 4.69) is 15.4 Å². The third-order valence-electron chi connectivity index (χ3n) is 4.22. The molecule has 162 valence electrons. The molecular formula is C17H11F9N4. The fourth-order valence-corrected chi connectivity index (χ4v) is 2.88. The van der Waals surface area contributed by atoms with Gasteiger partial charge in [-0.25, -0.2) is 9.67 Å². The molecule has 0 saturated carbocycles. The normalized spacial score (nSPS) is 13.2. The molecule has 0 aliphatic rings. The number of benzene rings is 1. The van der Waals surface area contributed by atoms with E-state index in [1.54, 1.807) is 0 Å². The highest BCUT2D eigenvalue weighted by atomic mass is 19.4. The Hall–Kier alpha value is -2.99. The molecule has 0 aliphatic heterocycles. The molecule has 0 radical (unpaired) electrons. The summed E-state index contributed by atoms with van der Waals surface area (Å²) < 4.78 is 119. The molecule has 1 aromatic carbocycles. The Bertz CT molecular complexity index is 1110. The number of rotatable bonds is 2. The number of aromatic nitrogens is 3. The number of fused-ring (bicyclic) bond motifs is 1. The molecular weight excluding hydrogens is 431 g/mol. The first-order chi connectivity index (χ1) is 13.6. The van der Waals surface area contributed by atoms with Gasteiger partial charge in [0.05, 0.1) is 22.2 Å². The number of halogens is 9. The molecule has 0 spiro atoms. The van der Waals surface area contributed by atoms with E-state index in [9.17, 15) is 39.5 Å². The van der Waals surface area contributed by atoms with Crippen LogP contribution in [-0.4, -0.2) is 21.8 Å². The van der Waals surface area contributed by atoms with Crippen molar-refractivity contribution in [2.24, 2.45) is 0 Å². The average Bonchev–Trinajstić information content (AvgIpc) is 2.96. The maximum absolute atomic E-state index is 13.5. The Kier molecular flexibility index (Phi) is 4.90. The Morgan fingerprint density at radius 2 is 1.50 bits per heavy atom. The zero-order valence-electron chi connectivity index (χ0n) is 15.1.